The van der Waals surface area contributed by atoms with E-state index in [0.29, 0.717) is 13.0 Å². The van der Waals surface area contributed by atoms with Gasteiger partial charge in [0, 0.05) is 13.2 Å². The van der Waals surface area contributed by atoms with E-state index in [0.717, 1.165) is 6.42 Å². The molecule has 3 aliphatic rings. The number of carbonyl (C=O) groups is 2. The summed E-state index contributed by atoms with van der Waals surface area (Å²) in [6.45, 7) is 0.401. The Bertz CT molecular complexity index is 346. The molecule has 2 aliphatic carbocycles. The van der Waals surface area contributed by atoms with Crippen LogP contribution in [0.25, 0.3) is 0 Å². The fraction of sp³-hybridized carbons (Fsp3) is 0.667. The van der Waals surface area contributed by atoms with Crippen LogP contribution < -0.4 is 0 Å². The highest BCUT2D eigenvalue weighted by molar-refractivity contribution is 6.06. The molecule has 2 unspecified atom stereocenters. The van der Waals surface area contributed by atoms with Gasteiger partial charge in [-0.25, -0.2) is 0 Å². The molecular formula is C12H15NO3. The minimum Gasteiger partial charge on any atom is -0.396 e. The maximum Gasteiger partial charge on any atom is 0.233 e. The number of aliphatic hydroxyl groups is 1. The smallest absolute Gasteiger partial charge is 0.233 e. The van der Waals surface area contributed by atoms with Crippen molar-refractivity contribution in [2.24, 2.45) is 23.7 Å². The number of likely N-dealkylation sites (tertiary alicyclic amines) is 1. The molecular weight excluding hydrogens is 206 g/mol. The number of hydrogen-bond acceptors (Lipinski definition) is 3. The van der Waals surface area contributed by atoms with E-state index in [4.69, 9.17) is 5.11 Å². The van der Waals surface area contributed by atoms with Crippen molar-refractivity contribution in [1.82, 2.24) is 4.90 Å². The molecule has 0 aromatic carbocycles. The number of imide groups is 1. The Hall–Kier alpha value is -1.16. The van der Waals surface area contributed by atoms with Crippen LogP contribution >= 0.6 is 0 Å². The van der Waals surface area contributed by atoms with Gasteiger partial charge in [-0.15, -0.1) is 0 Å². The third-order valence-corrected chi connectivity index (χ3v) is 4.10. The van der Waals surface area contributed by atoms with Crippen molar-refractivity contribution in [3.8, 4) is 0 Å². The lowest BCUT2D eigenvalue weighted by Gasteiger charge is -2.16. The van der Waals surface area contributed by atoms with E-state index in [2.05, 4.69) is 12.2 Å². The molecule has 1 heterocycles. The summed E-state index contributed by atoms with van der Waals surface area (Å²) < 4.78 is 0. The van der Waals surface area contributed by atoms with Crippen LogP contribution in [-0.4, -0.2) is 35.0 Å². The SMILES string of the molecule is O=C1C2C(C(=O)N1CCCO)[C@H]1C=C[C@@H]2C1. The lowest BCUT2D eigenvalue weighted by Crippen LogP contribution is -2.34. The fourth-order valence-corrected chi connectivity index (χ4v) is 3.41. The second kappa shape index (κ2) is 3.42. The molecule has 2 bridgehead atoms. The first kappa shape index (κ1) is 10.0. The van der Waals surface area contributed by atoms with Gasteiger partial charge in [-0.05, 0) is 24.7 Å². The Kier molecular flexibility index (Phi) is 2.14. The molecule has 2 amide bonds. The lowest BCUT2D eigenvalue weighted by atomic mass is 9.85. The first-order valence-electron chi connectivity index (χ1n) is 5.88. The number of aliphatic hydroxyl groups excluding tert-OH is 1. The predicted molar refractivity (Wildman–Crippen MR) is 56.1 cm³/mol. The first-order valence-corrected chi connectivity index (χ1v) is 5.88. The standard InChI is InChI=1S/C12H15NO3/c14-5-1-4-13-11(15)9-7-2-3-8(6-7)10(9)12(13)16/h2-3,7-10,14H,1,4-6H2/t7-,8+,9?,10?. The van der Waals surface area contributed by atoms with E-state index in [1.165, 1.54) is 4.90 Å². The largest absolute Gasteiger partial charge is 0.396 e. The van der Waals surface area contributed by atoms with E-state index in [1.807, 2.05) is 0 Å². The van der Waals surface area contributed by atoms with Gasteiger partial charge in [0.05, 0.1) is 11.8 Å². The van der Waals surface area contributed by atoms with Crippen LogP contribution in [0.2, 0.25) is 0 Å². The summed E-state index contributed by atoms with van der Waals surface area (Å²) in [5.74, 6) is 0.346. The van der Waals surface area contributed by atoms with E-state index in [9.17, 15) is 9.59 Å². The average Bonchev–Trinajstić information content (AvgIpc) is 2.92. The topological polar surface area (TPSA) is 57.6 Å². The monoisotopic (exact) mass is 221 g/mol. The number of rotatable bonds is 3. The molecule has 0 spiro atoms. The summed E-state index contributed by atoms with van der Waals surface area (Å²) in [6.07, 6.45) is 5.64. The number of fused-ring (bicyclic) bond motifs is 5. The number of hydrogen-bond donors (Lipinski definition) is 1. The van der Waals surface area contributed by atoms with Crippen molar-refractivity contribution in [3.05, 3.63) is 12.2 Å². The van der Waals surface area contributed by atoms with Crippen LogP contribution in [0.5, 0.6) is 0 Å². The summed E-state index contributed by atoms with van der Waals surface area (Å²) in [6, 6.07) is 0. The molecule has 1 saturated heterocycles. The Balaban J connectivity index is 1.83. The third-order valence-electron chi connectivity index (χ3n) is 4.10. The zero-order chi connectivity index (χ0) is 11.3. The maximum absolute atomic E-state index is 12.1. The molecule has 1 saturated carbocycles. The molecule has 1 aliphatic heterocycles. The van der Waals surface area contributed by atoms with E-state index < -0.39 is 0 Å². The van der Waals surface area contributed by atoms with Crippen LogP contribution in [-0.2, 0) is 9.59 Å². The van der Waals surface area contributed by atoms with Gasteiger partial charge < -0.3 is 5.11 Å². The molecule has 4 heteroatoms. The number of amides is 2. The van der Waals surface area contributed by atoms with Crippen LogP contribution in [0, 0.1) is 23.7 Å². The zero-order valence-electron chi connectivity index (χ0n) is 9.00. The third kappa shape index (κ3) is 1.13. The number of allylic oxidation sites excluding steroid dienone is 2. The van der Waals surface area contributed by atoms with Crippen molar-refractivity contribution >= 4 is 11.8 Å². The molecule has 3 rings (SSSR count). The number of carbonyl (C=O) groups excluding carboxylic acids is 2. The highest BCUT2D eigenvalue weighted by Gasteiger charge is 2.58. The fourth-order valence-electron chi connectivity index (χ4n) is 3.41. The van der Waals surface area contributed by atoms with E-state index in [1.54, 1.807) is 0 Å². The zero-order valence-corrected chi connectivity index (χ0v) is 9.00. The second-order valence-electron chi connectivity index (χ2n) is 4.91. The van der Waals surface area contributed by atoms with Crippen molar-refractivity contribution in [3.63, 3.8) is 0 Å². The van der Waals surface area contributed by atoms with Gasteiger partial charge >= 0.3 is 0 Å². The molecule has 1 N–H and O–H groups in total. The van der Waals surface area contributed by atoms with Crippen molar-refractivity contribution in [2.75, 3.05) is 13.2 Å². The lowest BCUT2D eigenvalue weighted by molar-refractivity contribution is -0.140. The molecule has 4 nitrogen and oxygen atoms in total. The minimum absolute atomic E-state index is 0.0136. The molecule has 16 heavy (non-hydrogen) atoms. The van der Waals surface area contributed by atoms with Gasteiger partial charge in [-0.2, -0.15) is 0 Å². The summed E-state index contributed by atoms with van der Waals surface area (Å²) in [5, 5.41) is 8.76. The van der Waals surface area contributed by atoms with Gasteiger partial charge in [-0.3, -0.25) is 14.5 Å². The molecule has 0 radical (unpaired) electrons. The summed E-state index contributed by atoms with van der Waals surface area (Å²) in [4.78, 5) is 25.5. The quantitative estimate of drug-likeness (QED) is 0.546. The average molecular weight is 221 g/mol. The summed E-state index contributed by atoms with van der Waals surface area (Å²) in [5.41, 5.74) is 0. The summed E-state index contributed by atoms with van der Waals surface area (Å²) >= 11 is 0. The minimum atomic E-state index is -0.0961. The van der Waals surface area contributed by atoms with Gasteiger partial charge in [0.2, 0.25) is 11.8 Å². The van der Waals surface area contributed by atoms with E-state index >= 15 is 0 Å². The predicted octanol–water partition coefficient (Wildman–Crippen LogP) is 0.176. The van der Waals surface area contributed by atoms with Gasteiger partial charge in [-0.1, -0.05) is 12.2 Å². The Morgan fingerprint density at radius 1 is 1.19 bits per heavy atom. The second-order valence-corrected chi connectivity index (χ2v) is 4.91. The molecule has 0 aromatic rings. The van der Waals surface area contributed by atoms with Gasteiger partial charge in [0.1, 0.15) is 0 Å². The van der Waals surface area contributed by atoms with Crippen LogP contribution in [0.1, 0.15) is 12.8 Å². The molecule has 2 fully saturated rings. The van der Waals surface area contributed by atoms with Crippen LogP contribution in [0.4, 0.5) is 0 Å². The maximum atomic E-state index is 12.1. The van der Waals surface area contributed by atoms with E-state index in [-0.39, 0.29) is 42.1 Å². The van der Waals surface area contributed by atoms with Gasteiger partial charge in [0.25, 0.3) is 0 Å². The first-order chi connectivity index (χ1) is 7.74. The number of nitrogens with zero attached hydrogens (tertiary/aromatic N) is 1. The van der Waals surface area contributed by atoms with Crippen molar-refractivity contribution in [2.45, 2.75) is 12.8 Å². The summed E-state index contributed by atoms with van der Waals surface area (Å²) in [7, 11) is 0. The van der Waals surface area contributed by atoms with Crippen molar-refractivity contribution < 1.29 is 14.7 Å². The molecule has 4 atom stereocenters. The Morgan fingerprint density at radius 2 is 1.75 bits per heavy atom. The Labute approximate surface area is 93.9 Å². The normalized spacial score (nSPS) is 39.9. The molecule has 86 valence electrons. The highest BCUT2D eigenvalue weighted by atomic mass is 16.3. The highest BCUT2D eigenvalue weighted by Crippen LogP contribution is 2.52. The van der Waals surface area contributed by atoms with Crippen molar-refractivity contribution in [1.29, 1.82) is 0 Å². The Morgan fingerprint density at radius 3 is 2.25 bits per heavy atom. The molecule has 0 aromatic heterocycles. The van der Waals surface area contributed by atoms with Crippen LogP contribution in [0.3, 0.4) is 0 Å². The van der Waals surface area contributed by atoms with Crippen LogP contribution in [0.15, 0.2) is 12.2 Å². The van der Waals surface area contributed by atoms with Gasteiger partial charge in [0.15, 0.2) is 0 Å².